The molecule has 1 saturated heterocycles. The standard InChI is InChI=1S/C11H17N5O3/c1-11(5-2-6-19-11)7-13-10-8(16(17)18)3-4-9(14-10)15-12/h3-4H,2,5-7,12H2,1H3,(H2,13,14,15). The van der Waals surface area contributed by atoms with E-state index in [9.17, 15) is 10.1 Å². The summed E-state index contributed by atoms with van der Waals surface area (Å²) >= 11 is 0. The van der Waals surface area contributed by atoms with Crippen molar-refractivity contribution < 1.29 is 9.66 Å². The number of nitrogens with zero attached hydrogens (tertiary/aromatic N) is 2. The van der Waals surface area contributed by atoms with E-state index >= 15 is 0 Å². The van der Waals surface area contributed by atoms with Gasteiger partial charge in [-0.15, -0.1) is 0 Å². The average molecular weight is 267 g/mol. The molecule has 0 radical (unpaired) electrons. The van der Waals surface area contributed by atoms with Crippen LogP contribution in [0.5, 0.6) is 0 Å². The minimum atomic E-state index is -0.479. The monoisotopic (exact) mass is 267 g/mol. The van der Waals surface area contributed by atoms with Gasteiger partial charge in [0.2, 0.25) is 5.82 Å². The van der Waals surface area contributed by atoms with Gasteiger partial charge >= 0.3 is 5.69 Å². The quantitative estimate of drug-likeness (QED) is 0.417. The van der Waals surface area contributed by atoms with Crippen LogP contribution < -0.4 is 16.6 Å². The van der Waals surface area contributed by atoms with E-state index in [2.05, 4.69) is 15.7 Å². The summed E-state index contributed by atoms with van der Waals surface area (Å²) in [6, 6.07) is 2.82. The van der Waals surface area contributed by atoms with Crippen molar-refractivity contribution in [3.63, 3.8) is 0 Å². The highest BCUT2D eigenvalue weighted by Gasteiger charge is 2.30. The van der Waals surface area contributed by atoms with Crippen molar-refractivity contribution >= 4 is 17.3 Å². The second kappa shape index (κ2) is 5.37. The first-order chi connectivity index (χ1) is 9.04. The van der Waals surface area contributed by atoms with Crippen LogP contribution in [0.4, 0.5) is 17.3 Å². The summed E-state index contributed by atoms with van der Waals surface area (Å²) in [5.41, 5.74) is 1.98. The zero-order valence-corrected chi connectivity index (χ0v) is 10.7. The molecule has 1 aromatic rings. The van der Waals surface area contributed by atoms with Crippen LogP contribution >= 0.6 is 0 Å². The van der Waals surface area contributed by atoms with Crippen LogP contribution in [0.1, 0.15) is 19.8 Å². The third-order valence-electron chi connectivity index (χ3n) is 3.15. The van der Waals surface area contributed by atoms with Crippen molar-refractivity contribution in [1.82, 2.24) is 4.98 Å². The molecule has 1 unspecified atom stereocenters. The van der Waals surface area contributed by atoms with Gasteiger partial charge < -0.3 is 15.5 Å². The van der Waals surface area contributed by atoms with Crippen molar-refractivity contribution in [2.45, 2.75) is 25.4 Å². The van der Waals surface area contributed by atoms with Crippen LogP contribution in [0.25, 0.3) is 0 Å². The molecule has 0 aliphatic carbocycles. The summed E-state index contributed by atoms with van der Waals surface area (Å²) < 4.78 is 5.62. The van der Waals surface area contributed by atoms with Gasteiger partial charge in [0.25, 0.3) is 0 Å². The second-order valence-electron chi connectivity index (χ2n) is 4.72. The van der Waals surface area contributed by atoms with E-state index in [4.69, 9.17) is 10.6 Å². The van der Waals surface area contributed by atoms with Gasteiger partial charge in [-0.2, -0.15) is 0 Å². The van der Waals surface area contributed by atoms with Crippen LogP contribution in [-0.2, 0) is 4.74 Å². The molecule has 1 aromatic heterocycles. The molecule has 0 bridgehead atoms. The number of pyridine rings is 1. The lowest BCUT2D eigenvalue weighted by atomic mass is 10.0. The van der Waals surface area contributed by atoms with Gasteiger partial charge in [-0.3, -0.25) is 10.1 Å². The molecule has 1 atom stereocenters. The molecule has 8 heteroatoms. The first-order valence-corrected chi connectivity index (χ1v) is 6.04. The number of aromatic nitrogens is 1. The third kappa shape index (κ3) is 3.09. The Morgan fingerprint density at radius 3 is 3.00 bits per heavy atom. The van der Waals surface area contributed by atoms with Crippen LogP contribution in [0, 0.1) is 10.1 Å². The molecule has 0 aromatic carbocycles. The Morgan fingerprint density at radius 1 is 1.63 bits per heavy atom. The minimum Gasteiger partial charge on any atom is -0.373 e. The summed E-state index contributed by atoms with van der Waals surface area (Å²) in [7, 11) is 0. The van der Waals surface area contributed by atoms with Crippen molar-refractivity contribution in [2.75, 3.05) is 23.9 Å². The summed E-state index contributed by atoms with van der Waals surface area (Å²) in [5.74, 6) is 5.81. The number of nitrogens with one attached hydrogen (secondary N) is 2. The molecule has 2 rings (SSSR count). The first-order valence-electron chi connectivity index (χ1n) is 6.04. The Hall–Kier alpha value is -1.93. The molecule has 2 heterocycles. The maximum Gasteiger partial charge on any atom is 0.311 e. The molecular weight excluding hydrogens is 250 g/mol. The Morgan fingerprint density at radius 2 is 2.42 bits per heavy atom. The number of ether oxygens (including phenoxy) is 1. The van der Waals surface area contributed by atoms with E-state index in [1.165, 1.54) is 12.1 Å². The Bertz CT molecular complexity index is 473. The highest BCUT2D eigenvalue weighted by Crippen LogP contribution is 2.28. The lowest BCUT2D eigenvalue weighted by molar-refractivity contribution is -0.384. The fraction of sp³-hybridized carbons (Fsp3) is 0.545. The summed E-state index contributed by atoms with van der Waals surface area (Å²) in [5, 5.41) is 13.9. The molecule has 1 aliphatic rings. The number of hydrogen-bond donors (Lipinski definition) is 3. The smallest absolute Gasteiger partial charge is 0.311 e. The van der Waals surface area contributed by atoms with Gasteiger partial charge in [-0.1, -0.05) is 0 Å². The molecule has 0 spiro atoms. The lowest BCUT2D eigenvalue weighted by Gasteiger charge is -2.23. The summed E-state index contributed by atoms with van der Waals surface area (Å²) in [6.07, 6.45) is 1.92. The number of nitrogen functional groups attached to an aromatic ring is 1. The van der Waals surface area contributed by atoms with E-state index in [1.807, 2.05) is 6.92 Å². The Kier molecular flexibility index (Phi) is 3.82. The number of nitrogens with two attached hydrogens (primary N) is 1. The molecule has 1 aliphatic heterocycles. The fourth-order valence-electron chi connectivity index (χ4n) is 2.06. The Labute approximate surface area is 110 Å². The van der Waals surface area contributed by atoms with Crippen molar-refractivity contribution in [3.8, 4) is 0 Å². The summed E-state index contributed by atoms with van der Waals surface area (Å²) in [6.45, 7) is 3.16. The minimum absolute atomic E-state index is 0.0828. The molecule has 0 saturated carbocycles. The topological polar surface area (TPSA) is 115 Å². The molecule has 104 valence electrons. The van der Waals surface area contributed by atoms with E-state index in [-0.39, 0.29) is 17.1 Å². The lowest BCUT2D eigenvalue weighted by Crippen LogP contribution is -2.33. The highest BCUT2D eigenvalue weighted by atomic mass is 16.6. The Balaban J connectivity index is 2.15. The van der Waals surface area contributed by atoms with Crippen LogP contribution in [0.2, 0.25) is 0 Å². The van der Waals surface area contributed by atoms with Crippen LogP contribution in [0.3, 0.4) is 0 Å². The summed E-state index contributed by atoms with van der Waals surface area (Å²) in [4.78, 5) is 14.5. The predicted octanol–water partition coefficient (Wildman–Crippen LogP) is 1.26. The normalized spacial score (nSPS) is 22.2. The maximum atomic E-state index is 10.9. The largest absolute Gasteiger partial charge is 0.373 e. The average Bonchev–Trinajstić information content (AvgIpc) is 2.83. The number of nitro groups is 1. The van der Waals surface area contributed by atoms with Gasteiger partial charge in [0.1, 0.15) is 5.82 Å². The first kappa shape index (κ1) is 13.5. The number of hydrazine groups is 1. The zero-order chi connectivity index (χ0) is 13.9. The van der Waals surface area contributed by atoms with Gasteiger partial charge in [0.15, 0.2) is 0 Å². The van der Waals surface area contributed by atoms with Gasteiger partial charge in [-0.05, 0) is 25.8 Å². The second-order valence-corrected chi connectivity index (χ2v) is 4.72. The van der Waals surface area contributed by atoms with E-state index in [0.717, 1.165) is 19.4 Å². The van der Waals surface area contributed by atoms with E-state index in [1.54, 1.807) is 0 Å². The van der Waals surface area contributed by atoms with Crippen molar-refractivity contribution in [1.29, 1.82) is 0 Å². The maximum absolute atomic E-state index is 10.9. The highest BCUT2D eigenvalue weighted by molar-refractivity contribution is 5.60. The molecular formula is C11H17N5O3. The van der Waals surface area contributed by atoms with Gasteiger partial charge in [0, 0.05) is 19.2 Å². The molecule has 4 N–H and O–H groups in total. The predicted molar refractivity (Wildman–Crippen MR) is 70.8 cm³/mol. The van der Waals surface area contributed by atoms with Gasteiger partial charge in [0.05, 0.1) is 10.5 Å². The third-order valence-corrected chi connectivity index (χ3v) is 3.15. The van der Waals surface area contributed by atoms with E-state index < -0.39 is 4.92 Å². The zero-order valence-electron chi connectivity index (χ0n) is 10.7. The molecule has 1 fully saturated rings. The SMILES string of the molecule is CC1(CNc2nc(NN)ccc2[N+](=O)[O-])CCCO1. The van der Waals surface area contributed by atoms with E-state index in [0.29, 0.717) is 12.4 Å². The molecule has 0 amide bonds. The van der Waals surface area contributed by atoms with Crippen LogP contribution in [-0.4, -0.2) is 28.7 Å². The van der Waals surface area contributed by atoms with Gasteiger partial charge in [-0.25, -0.2) is 10.8 Å². The molecule has 19 heavy (non-hydrogen) atoms. The fourth-order valence-corrected chi connectivity index (χ4v) is 2.06. The number of anilines is 2. The number of rotatable bonds is 5. The van der Waals surface area contributed by atoms with Crippen molar-refractivity contribution in [2.24, 2.45) is 5.84 Å². The van der Waals surface area contributed by atoms with Crippen molar-refractivity contribution in [3.05, 3.63) is 22.2 Å². The number of hydrogen-bond acceptors (Lipinski definition) is 7. The molecule has 8 nitrogen and oxygen atoms in total. The van der Waals surface area contributed by atoms with Crippen LogP contribution in [0.15, 0.2) is 12.1 Å².